The number of nitrogens with zero attached hydrogens (tertiary/aromatic N) is 1. The fourth-order valence-electron chi connectivity index (χ4n) is 0.778. The molecule has 1 aromatic rings. The van der Waals surface area contributed by atoms with Gasteiger partial charge in [-0.05, 0) is 6.07 Å². The minimum absolute atomic E-state index is 0.0295. The lowest BCUT2D eigenvalue weighted by molar-refractivity contribution is 0.152. The van der Waals surface area contributed by atoms with E-state index in [1.807, 2.05) is 0 Å². The van der Waals surface area contributed by atoms with Crippen LogP contribution in [0, 0.1) is 0 Å². The minimum Gasteiger partial charge on any atom is -0.384 e. The van der Waals surface area contributed by atoms with Crippen molar-refractivity contribution in [3.8, 4) is 0 Å². The van der Waals surface area contributed by atoms with Gasteiger partial charge in [-0.15, -0.1) is 0 Å². The van der Waals surface area contributed by atoms with Gasteiger partial charge in [-0.3, -0.25) is 0 Å². The van der Waals surface area contributed by atoms with Gasteiger partial charge in [0.15, 0.2) is 0 Å². The standard InChI is InChI=1S/C6H6ClF2N3/c7-2-1-3(10)12-6(11)4(2)5(8)9/h1,5H,(H4,10,11,12). The molecule has 3 nitrogen and oxygen atoms in total. The summed E-state index contributed by atoms with van der Waals surface area (Å²) in [5.74, 6) is -0.295. The maximum atomic E-state index is 12.2. The number of hydrogen-bond acceptors (Lipinski definition) is 3. The van der Waals surface area contributed by atoms with Crippen LogP contribution < -0.4 is 11.5 Å². The second-order valence-corrected chi connectivity index (χ2v) is 2.54. The van der Waals surface area contributed by atoms with Gasteiger partial charge in [0.05, 0.1) is 10.6 Å². The molecule has 0 radical (unpaired) electrons. The lowest BCUT2D eigenvalue weighted by Crippen LogP contribution is -2.02. The molecular formula is C6H6ClF2N3. The Labute approximate surface area is 72.3 Å². The zero-order valence-electron chi connectivity index (χ0n) is 5.89. The topological polar surface area (TPSA) is 64.9 Å². The van der Waals surface area contributed by atoms with Crippen molar-refractivity contribution < 1.29 is 8.78 Å². The van der Waals surface area contributed by atoms with Crippen LogP contribution in [0.15, 0.2) is 6.07 Å². The lowest BCUT2D eigenvalue weighted by atomic mass is 10.2. The van der Waals surface area contributed by atoms with Crippen molar-refractivity contribution in [1.29, 1.82) is 0 Å². The third-order valence-corrected chi connectivity index (χ3v) is 1.59. The molecule has 0 saturated carbocycles. The summed E-state index contributed by atoms with van der Waals surface area (Å²) in [6.45, 7) is 0. The summed E-state index contributed by atoms with van der Waals surface area (Å²) in [5.41, 5.74) is 9.91. The van der Waals surface area contributed by atoms with E-state index in [1.165, 1.54) is 0 Å². The molecule has 0 spiro atoms. The summed E-state index contributed by atoms with van der Waals surface area (Å²) >= 11 is 5.45. The summed E-state index contributed by atoms with van der Waals surface area (Å²) in [7, 11) is 0. The van der Waals surface area contributed by atoms with E-state index in [4.69, 9.17) is 23.1 Å². The van der Waals surface area contributed by atoms with Crippen molar-refractivity contribution in [3.05, 3.63) is 16.7 Å². The highest BCUT2D eigenvalue weighted by molar-refractivity contribution is 6.32. The summed E-state index contributed by atoms with van der Waals surface area (Å²) < 4.78 is 24.4. The molecule has 1 aromatic heterocycles. The molecule has 0 atom stereocenters. The van der Waals surface area contributed by atoms with E-state index in [-0.39, 0.29) is 16.7 Å². The van der Waals surface area contributed by atoms with Crippen molar-refractivity contribution in [1.82, 2.24) is 4.98 Å². The Morgan fingerprint density at radius 1 is 1.42 bits per heavy atom. The molecule has 0 bridgehead atoms. The maximum absolute atomic E-state index is 12.2. The van der Waals surface area contributed by atoms with Gasteiger partial charge in [-0.2, -0.15) is 0 Å². The second-order valence-electron chi connectivity index (χ2n) is 2.13. The highest BCUT2D eigenvalue weighted by atomic mass is 35.5. The third-order valence-electron chi connectivity index (χ3n) is 1.28. The van der Waals surface area contributed by atoms with Crippen LogP contribution in [-0.4, -0.2) is 4.98 Å². The van der Waals surface area contributed by atoms with E-state index in [9.17, 15) is 8.78 Å². The normalized spacial score (nSPS) is 10.7. The number of halogens is 3. The summed E-state index contributed by atoms with van der Waals surface area (Å²) in [6, 6.07) is 1.14. The number of hydrogen-bond donors (Lipinski definition) is 2. The first-order valence-corrected chi connectivity index (χ1v) is 3.39. The quantitative estimate of drug-likeness (QED) is 0.715. The van der Waals surface area contributed by atoms with Gasteiger partial charge < -0.3 is 11.5 Å². The van der Waals surface area contributed by atoms with E-state index in [0.29, 0.717) is 0 Å². The van der Waals surface area contributed by atoms with E-state index < -0.39 is 12.0 Å². The Bertz CT molecular complexity index is 280. The molecule has 1 heterocycles. The number of pyridine rings is 1. The molecule has 0 aliphatic heterocycles. The molecule has 4 N–H and O–H groups in total. The van der Waals surface area contributed by atoms with Gasteiger partial charge in [-0.25, -0.2) is 13.8 Å². The Morgan fingerprint density at radius 2 is 2.00 bits per heavy atom. The van der Waals surface area contributed by atoms with Crippen molar-refractivity contribution in [2.75, 3.05) is 11.5 Å². The predicted molar refractivity (Wildman–Crippen MR) is 43.0 cm³/mol. The summed E-state index contributed by atoms with van der Waals surface area (Å²) in [5, 5.41) is -0.157. The molecule has 0 aromatic carbocycles. The van der Waals surface area contributed by atoms with Crippen molar-refractivity contribution in [2.45, 2.75) is 6.43 Å². The number of alkyl halides is 2. The van der Waals surface area contributed by atoms with Crippen LogP contribution in [0.5, 0.6) is 0 Å². The van der Waals surface area contributed by atoms with Crippen LogP contribution in [0.2, 0.25) is 5.02 Å². The van der Waals surface area contributed by atoms with Gasteiger partial charge in [0.25, 0.3) is 6.43 Å². The zero-order chi connectivity index (χ0) is 9.30. The predicted octanol–water partition coefficient (Wildman–Crippen LogP) is 1.84. The number of rotatable bonds is 1. The largest absolute Gasteiger partial charge is 0.384 e. The first-order valence-electron chi connectivity index (χ1n) is 3.02. The van der Waals surface area contributed by atoms with E-state index >= 15 is 0 Å². The number of nitrogen functional groups attached to an aromatic ring is 2. The molecule has 0 amide bonds. The molecule has 0 aliphatic carbocycles. The van der Waals surface area contributed by atoms with Gasteiger partial charge in [0.2, 0.25) is 0 Å². The molecular weight excluding hydrogens is 188 g/mol. The molecule has 0 fully saturated rings. The average molecular weight is 194 g/mol. The van der Waals surface area contributed by atoms with Crippen LogP contribution in [-0.2, 0) is 0 Å². The van der Waals surface area contributed by atoms with Crippen molar-refractivity contribution >= 4 is 23.2 Å². The molecule has 12 heavy (non-hydrogen) atoms. The molecule has 6 heteroatoms. The maximum Gasteiger partial charge on any atom is 0.268 e. The highest BCUT2D eigenvalue weighted by Crippen LogP contribution is 2.31. The van der Waals surface area contributed by atoms with Crippen LogP contribution >= 0.6 is 11.6 Å². The van der Waals surface area contributed by atoms with Crippen LogP contribution in [0.25, 0.3) is 0 Å². The van der Waals surface area contributed by atoms with Crippen molar-refractivity contribution in [2.24, 2.45) is 0 Å². The fourth-order valence-corrected chi connectivity index (χ4v) is 1.07. The molecule has 0 unspecified atom stereocenters. The van der Waals surface area contributed by atoms with Crippen LogP contribution in [0.1, 0.15) is 12.0 Å². The highest BCUT2D eigenvalue weighted by Gasteiger charge is 2.17. The summed E-state index contributed by atoms with van der Waals surface area (Å²) in [4.78, 5) is 3.45. The Hall–Kier alpha value is -1.10. The number of anilines is 2. The molecule has 66 valence electrons. The Kier molecular flexibility index (Phi) is 2.32. The molecule has 0 saturated heterocycles. The second kappa shape index (κ2) is 3.10. The van der Waals surface area contributed by atoms with E-state index in [0.717, 1.165) is 6.07 Å². The van der Waals surface area contributed by atoms with Gasteiger partial charge in [-0.1, -0.05) is 11.6 Å². The molecule has 1 rings (SSSR count). The average Bonchev–Trinajstić information content (AvgIpc) is 1.82. The SMILES string of the molecule is Nc1cc(Cl)c(C(F)F)c(N)n1. The molecule has 0 aliphatic rings. The zero-order valence-corrected chi connectivity index (χ0v) is 6.65. The van der Waals surface area contributed by atoms with Crippen LogP contribution in [0.3, 0.4) is 0 Å². The van der Waals surface area contributed by atoms with Crippen LogP contribution in [0.4, 0.5) is 20.4 Å². The van der Waals surface area contributed by atoms with E-state index in [2.05, 4.69) is 4.98 Å². The summed E-state index contributed by atoms with van der Waals surface area (Å²) in [6.07, 6.45) is -2.73. The Balaban J connectivity index is 3.28. The van der Waals surface area contributed by atoms with Crippen molar-refractivity contribution in [3.63, 3.8) is 0 Å². The minimum atomic E-state index is -2.73. The van der Waals surface area contributed by atoms with E-state index in [1.54, 1.807) is 0 Å². The Morgan fingerprint density at radius 3 is 2.42 bits per heavy atom. The van der Waals surface area contributed by atoms with Gasteiger partial charge >= 0.3 is 0 Å². The first kappa shape index (κ1) is 8.99. The monoisotopic (exact) mass is 193 g/mol. The number of nitrogens with two attached hydrogens (primary N) is 2. The third kappa shape index (κ3) is 1.55. The first-order chi connectivity index (χ1) is 5.52. The smallest absolute Gasteiger partial charge is 0.268 e. The fraction of sp³-hybridized carbons (Fsp3) is 0.167. The van der Waals surface area contributed by atoms with Gasteiger partial charge in [0.1, 0.15) is 11.6 Å². The number of aromatic nitrogens is 1. The lowest BCUT2D eigenvalue weighted by Gasteiger charge is -2.06. The van der Waals surface area contributed by atoms with Gasteiger partial charge in [0, 0.05) is 0 Å².